The van der Waals surface area contributed by atoms with Gasteiger partial charge in [0.15, 0.2) is 0 Å². The summed E-state index contributed by atoms with van der Waals surface area (Å²) < 4.78 is 12.8. The lowest BCUT2D eigenvalue weighted by Crippen LogP contribution is -2.41. The van der Waals surface area contributed by atoms with Gasteiger partial charge in [-0.25, -0.2) is 9.82 Å². The molecule has 1 aliphatic rings. The highest BCUT2D eigenvalue weighted by atomic mass is 19.1. The van der Waals surface area contributed by atoms with Crippen LogP contribution in [0.15, 0.2) is 29.4 Å². The first-order valence-corrected chi connectivity index (χ1v) is 6.62. The minimum absolute atomic E-state index is 0.177. The fraction of sp³-hybridized carbons (Fsp3) is 0.286. The number of nitrogens with zero attached hydrogens (tertiary/aromatic N) is 2. The molecule has 0 radical (unpaired) electrons. The molecule has 0 aromatic heterocycles. The minimum Gasteiger partial charge on any atom is -0.331 e. The Morgan fingerprint density at radius 2 is 2.00 bits per heavy atom. The van der Waals surface area contributed by atoms with Gasteiger partial charge in [-0.05, 0) is 24.3 Å². The van der Waals surface area contributed by atoms with Crippen LogP contribution >= 0.6 is 0 Å². The molecule has 8 heteroatoms. The van der Waals surface area contributed by atoms with Crippen molar-refractivity contribution in [3.8, 4) is 0 Å². The summed E-state index contributed by atoms with van der Waals surface area (Å²) in [6, 6.07) is 5.31. The van der Waals surface area contributed by atoms with Crippen molar-refractivity contribution in [3.05, 3.63) is 30.1 Å². The third-order valence-corrected chi connectivity index (χ3v) is 3.01. The minimum atomic E-state index is -0.422. The Morgan fingerprint density at radius 1 is 1.32 bits per heavy atom. The highest BCUT2D eigenvalue weighted by Crippen LogP contribution is 2.08. The van der Waals surface area contributed by atoms with Crippen molar-refractivity contribution >= 4 is 29.1 Å². The maximum absolute atomic E-state index is 12.8. The summed E-state index contributed by atoms with van der Waals surface area (Å²) in [5.41, 5.74) is 2.88. The molecule has 0 aliphatic carbocycles. The van der Waals surface area contributed by atoms with Gasteiger partial charge >= 0.3 is 0 Å². The summed E-state index contributed by atoms with van der Waals surface area (Å²) in [4.78, 5) is 36.1. The van der Waals surface area contributed by atoms with E-state index in [9.17, 15) is 18.8 Å². The van der Waals surface area contributed by atoms with Gasteiger partial charge in [-0.3, -0.25) is 14.4 Å². The highest BCUT2D eigenvalue weighted by molar-refractivity contribution is 6.39. The Balaban J connectivity index is 1.89. The average molecular weight is 306 g/mol. The SMILES string of the molecule is CN(CC(=O)Nc1ccc(F)cc1)C(=O)C1=NNC(=O)CC1. The zero-order valence-corrected chi connectivity index (χ0v) is 11.9. The van der Waals surface area contributed by atoms with E-state index >= 15 is 0 Å². The number of rotatable bonds is 4. The Morgan fingerprint density at radius 3 is 2.59 bits per heavy atom. The summed E-state index contributed by atoms with van der Waals surface area (Å²) in [6.07, 6.45) is 0.439. The number of halogens is 1. The van der Waals surface area contributed by atoms with E-state index in [4.69, 9.17) is 0 Å². The van der Waals surface area contributed by atoms with E-state index < -0.39 is 17.6 Å². The third kappa shape index (κ3) is 4.11. The molecule has 22 heavy (non-hydrogen) atoms. The molecule has 0 saturated heterocycles. The second-order valence-electron chi connectivity index (χ2n) is 4.81. The number of anilines is 1. The second kappa shape index (κ2) is 6.79. The van der Waals surface area contributed by atoms with Gasteiger partial charge in [0.1, 0.15) is 11.5 Å². The van der Waals surface area contributed by atoms with Crippen LogP contribution < -0.4 is 10.7 Å². The molecule has 7 nitrogen and oxygen atoms in total. The van der Waals surface area contributed by atoms with Crippen molar-refractivity contribution in [3.63, 3.8) is 0 Å². The van der Waals surface area contributed by atoms with Crippen molar-refractivity contribution < 1.29 is 18.8 Å². The second-order valence-corrected chi connectivity index (χ2v) is 4.81. The molecule has 1 aromatic carbocycles. The molecule has 2 N–H and O–H groups in total. The molecule has 0 bridgehead atoms. The maximum Gasteiger partial charge on any atom is 0.270 e. The van der Waals surface area contributed by atoms with Crippen LogP contribution in [0.2, 0.25) is 0 Å². The smallest absolute Gasteiger partial charge is 0.270 e. The van der Waals surface area contributed by atoms with Crippen LogP contribution in [0.4, 0.5) is 10.1 Å². The number of hydrogen-bond donors (Lipinski definition) is 2. The Kier molecular flexibility index (Phi) is 4.82. The number of likely N-dealkylation sites (N-methyl/N-ethyl adjacent to an activating group) is 1. The maximum atomic E-state index is 12.8. The molecule has 2 rings (SSSR count). The van der Waals surface area contributed by atoms with Crippen molar-refractivity contribution in [2.24, 2.45) is 5.10 Å². The third-order valence-electron chi connectivity index (χ3n) is 3.01. The molecule has 1 heterocycles. The lowest BCUT2D eigenvalue weighted by Gasteiger charge is -2.19. The summed E-state index contributed by atoms with van der Waals surface area (Å²) in [7, 11) is 1.46. The number of amides is 3. The standard InChI is InChI=1S/C14H15FN4O3/c1-19(14(22)11-6-7-12(20)18-17-11)8-13(21)16-10-4-2-9(15)3-5-10/h2-5H,6-8H2,1H3,(H,16,21)(H,18,20). The first kappa shape index (κ1) is 15.6. The lowest BCUT2D eigenvalue weighted by atomic mass is 10.1. The van der Waals surface area contributed by atoms with Crippen LogP contribution in [0.5, 0.6) is 0 Å². The highest BCUT2D eigenvalue weighted by Gasteiger charge is 2.22. The normalized spacial score (nSPS) is 13.9. The first-order chi connectivity index (χ1) is 10.5. The molecule has 116 valence electrons. The van der Waals surface area contributed by atoms with Gasteiger partial charge in [0.05, 0.1) is 6.54 Å². The molecule has 0 unspecified atom stereocenters. The summed E-state index contributed by atoms with van der Waals surface area (Å²) >= 11 is 0. The van der Waals surface area contributed by atoms with E-state index in [-0.39, 0.29) is 31.0 Å². The van der Waals surface area contributed by atoms with E-state index in [0.717, 1.165) is 0 Å². The fourth-order valence-corrected chi connectivity index (χ4v) is 1.87. The van der Waals surface area contributed by atoms with Gasteiger partial charge < -0.3 is 10.2 Å². The van der Waals surface area contributed by atoms with Crippen molar-refractivity contribution in [1.29, 1.82) is 0 Å². The van der Waals surface area contributed by atoms with E-state index in [1.165, 1.54) is 36.2 Å². The predicted molar refractivity (Wildman–Crippen MR) is 77.5 cm³/mol. The van der Waals surface area contributed by atoms with Gasteiger partial charge in [-0.15, -0.1) is 0 Å². The molecule has 3 amide bonds. The van der Waals surface area contributed by atoms with Crippen molar-refractivity contribution in [1.82, 2.24) is 10.3 Å². The predicted octanol–water partition coefficient (Wildman–Crippen LogP) is 0.489. The Hall–Kier alpha value is -2.77. The van der Waals surface area contributed by atoms with Gasteiger partial charge in [0.25, 0.3) is 5.91 Å². The summed E-state index contributed by atoms with van der Waals surface area (Å²) in [5, 5.41) is 6.24. The zero-order valence-electron chi connectivity index (χ0n) is 11.9. The number of carbonyl (C=O) groups excluding carboxylic acids is 3. The van der Waals surface area contributed by atoms with Crippen LogP contribution in [0.1, 0.15) is 12.8 Å². The summed E-state index contributed by atoms with van der Waals surface area (Å²) in [5.74, 6) is -1.48. The number of benzene rings is 1. The number of hydrazone groups is 1. The molecule has 1 aromatic rings. The van der Waals surface area contributed by atoms with E-state index in [1.54, 1.807) is 0 Å². The van der Waals surface area contributed by atoms with Crippen LogP contribution in [0.25, 0.3) is 0 Å². The average Bonchev–Trinajstić information content (AvgIpc) is 2.49. The van der Waals surface area contributed by atoms with Gasteiger partial charge in [0.2, 0.25) is 11.8 Å². The largest absolute Gasteiger partial charge is 0.331 e. The van der Waals surface area contributed by atoms with Crippen LogP contribution in [-0.2, 0) is 14.4 Å². The van der Waals surface area contributed by atoms with E-state index in [0.29, 0.717) is 5.69 Å². The topological polar surface area (TPSA) is 90.9 Å². The molecular formula is C14H15FN4O3. The lowest BCUT2D eigenvalue weighted by molar-refractivity contribution is -0.128. The molecular weight excluding hydrogens is 291 g/mol. The zero-order chi connectivity index (χ0) is 16.1. The Labute approximate surface area is 126 Å². The Bertz CT molecular complexity index is 627. The molecule has 0 saturated carbocycles. The van der Waals surface area contributed by atoms with Crippen LogP contribution in [-0.4, -0.2) is 41.9 Å². The van der Waals surface area contributed by atoms with Gasteiger partial charge in [-0.1, -0.05) is 0 Å². The molecule has 0 spiro atoms. The van der Waals surface area contributed by atoms with Gasteiger partial charge in [-0.2, -0.15) is 5.10 Å². The number of carbonyl (C=O) groups is 3. The summed E-state index contributed by atoms with van der Waals surface area (Å²) in [6.45, 7) is -0.177. The van der Waals surface area contributed by atoms with Crippen molar-refractivity contribution in [2.75, 3.05) is 18.9 Å². The van der Waals surface area contributed by atoms with Gasteiger partial charge in [0, 0.05) is 25.6 Å². The number of nitrogens with one attached hydrogen (secondary N) is 2. The fourth-order valence-electron chi connectivity index (χ4n) is 1.87. The van der Waals surface area contributed by atoms with Crippen LogP contribution in [0.3, 0.4) is 0 Å². The quantitative estimate of drug-likeness (QED) is 0.848. The van der Waals surface area contributed by atoms with Crippen molar-refractivity contribution in [2.45, 2.75) is 12.8 Å². The van der Waals surface area contributed by atoms with E-state index in [2.05, 4.69) is 15.8 Å². The van der Waals surface area contributed by atoms with Crippen LogP contribution in [0, 0.1) is 5.82 Å². The molecule has 0 fully saturated rings. The molecule has 0 atom stereocenters. The first-order valence-electron chi connectivity index (χ1n) is 6.62. The number of hydrogen-bond acceptors (Lipinski definition) is 4. The molecule has 1 aliphatic heterocycles. The van der Waals surface area contributed by atoms with E-state index in [1.807, 2.05) is 0 Å². The monoisotopic (exact) mass is 306 g/mol.